The van der Waals surface area contributed by atoms with Crippen LogP contribution in [-0.4, -0.2) is 0 Å². The molecular weight excluding hydrogens is 192 g/mol. The van der Waals surface area contributed by atoms with Gasteiger partial charge in [-0.3, -0.25) is 0 Å². The lowest BCUT2D eigenvalue weighted by atomic mass is 9.92. The largest absolute Gasteiger partial charge is 0.0841 e. The minimum atomic E-state index is 1.06. The average Bonchev–Trinajstić information content (AvgIpc) is 2.39. The Morgan fingerprint density at radius 3 is 1.44 bits per heavy atom. The summed E-state index contributed by atoms with van der Waals surface area (Å²) in [5.74, 6) is 0. The Labute approximate surface area is 98.1 Å². The maximum atomic E-state index is 2.31. The predicted molar refractivity (Wildman–Crippen MR) is 71.2 cm³/mol. The van der Waals surface area contributed by atoms with Gasteiger partial charge in [-0.1, -0.05) is 48.6 Å². The van der Waals surface area contributed by atoms with Crippen LogP contribution < -0.4 is 0 Å². The first kappa shape index (κ1) is 10.9. The maximum absolute atomic E-state index is 2.31. The van der Waals surface area contributed by atoms with E-state index < -0.39 is 0 Å². The highest BCUT2D eigenvalue weighted by atomic mass is 14.1. The normalized spacial score (nSPS) is 24.9. The van der Waals surface area contributed by atoms with Gasteiger partial charge < -0.3 is 0 Å². The highest BCUT2D eigenvalue weighted by Gasteiger charge is 2.06. The van der Waals surface area contributed by atoms with Crippen molar-refractivity contribution >= 4 is 0 Å². The van der Waals surface area contributed by atoms with E-state index in [0.717, 1.165) is 12.8 Å². The number of allylic oxidation sites excluding steroid dienone is 12. The topological polar surface area (TPSA) is 0 Å². The van der Waals surface area contributed by atoms with Crippen molar-refractivity contribution in [2.75, 3.05) is 0 Å². The number of hydrogen-bond acceptors (Lipinski definition) is 0. The molecular formula is C16H18. The molecule has 0 aromatic carbocycles. The van der Waals surface area contributed by atoms with E-state index in [1.807, 2.05) is 0 Å². The minimum Gasteiger partial charge on any atom is -0.0841 e. The summed E-state index contributed by atoms with van der Waals surface area (Å²) in [4.78, 5) is 0. The lowest BCUT2D eigenvalue weighted by Crippen LogP contribution is -1.94. The van der Waals surface area contributed by atoms with Gasteiger partial charge in [0.1, 0.15) is 0 Å². The van der Waals surface area contributed by atoms with Crippen LogP contribution in [0, 0.1) is 0 Å². The highest BCUT2D eigenvalue weighted by molar-refractivity contribution is 5.54. The van der Waals surface area contributed by atoms with E-state index in [0.29, 0.717) is 0 Å². The number of hydrogen-bond donors (Lipinski definition) is 0. The van der Waals surface area contributed by atoms with E-state index in [1.54, 1.807) is 0 Å². The summed E-state index contributed by atoms with van der Waals surface area (Å²) < 4.78 is 0. The van der Waals surface area contributed by atoms with Crippen molar-refractivity contribution in [1.29, 1.82) is 0 Å². The first-order valence-electron chi connectivity index (χ1n) is 5.90. The second-order valence-electron chi connectivity index (χ2n) is 4.12. The molecule has 0 aliphatic heterocycles. The monoisotopic (exact) mass is 210 g/mol. The van der Waals surface area contributed by atoms with Crippen LogP contribution >= 0.6 is 0 Å². The lowest BCUT2D eigenvalue weighted by molar-refractivity contribution is 1.18. The van der Waals surface area contributed by atoms with Gasteiger partial charge in [-0.2, -0.15) is 0 Å². The lowest BCUT2D eigenvalue weighted by Gasteiger charge is -2.13. The smallest absolute Gasteiger partial charge is 0.00915 e. The van der Waals surface area contributed by atoms with Gasteiger partial charge in [0.15, 0.2) is 0 Å². The summed E-state index contributed by atoms with van der Waals surface area (Å²) in [6.45, 7) is 4.19. The van der Waals surface area contributed by atoms with Gasteiger partial charge in [-0.25, -0.2) is 0 Å². The molecule has 16 heavy (non-hydrogen) atoms. The molecule has 0 heterocycles. The molecule has 0 saturated carbocycles. The summed E-state index contributed by atoms with van der Waals surface area (Å²) in [6.07, 6.45) is 20.0. The molecule has 2 aliphatic rings. The van der Waals surface area contributed by atoms with Crippen LogP contribution in [0.25, 0.3) is 0 Å². The van der Waals surface area contributed by atoms with Crippen molar-refractivity contribution in [2.45, 2.75) is 26.7 Å². The zero-order chi connectivity index (χ0) is 11.4. The maximum Gasteiger partial charge on any atom is -0.00915 e. The first-order chi connectivity index (χ1) is 7.83. The van der Waals surface area contributed by atoms with E-state index in [2.05, 4.69) is 62.5 Å². The molecule has 0 radical (unpaired) electrons. The molecule has 0 heteroatoms. The third kappa shape index (κ3) is 2.33. The molecule has 0 aromatic rings. The highest BCUT2D eigenvalue weighted by Crippen LogP contribution is 2.26. The molecule has 0 amide bonds. The Kier molecular flexibility index (Phi) is 3.40. The molecule has 0 saturated heterocycles. The fourth-order valence-electron chi connectivity index (χ4n) is 1.98. The van der Waals surface area contributed by atoms with Gasteiger partial charge in [-0.05, 0) is 49.0 Å². The Balaban J connectivity index is 2.13. The van der Waals surface area contributed by atoms with Crippen molar-refractivity contribution < 1.29 is 0 Å². The predicted octanol–water partition coefficient (Wildman–Crippen LogP) is 4.65. The zero-order valence-electron chi connectivity index (χ0n) is 10.0. The van der Waals surface area contributed by atoms with Crippen LogP contribution in [0.2, 0.25) is 0 Å². The second-order valence-corrected chi connectivity index (χ2v) is 4.12. The van der Waals surface area contributed by atoms with Gasteiger partial charge in [0.25, 0.3) is 0 Å². The molecule has 2 rings (SSSR count). The van der Waals surface area contributed by atoms with Crippen LogP contribution in [0.4, 0.5) is 0 Å². The summed E-state index contributed by atoms with van der Waals surface area (Å²) in [7, 11) is 0. The van der Waals surface area contributed by atoms with Crippen LogP contribution in [-0.2, 0) is 0 Å². The Morgan fingerprint density at radius 1 is 0.750 bits per heavy atom. The Bertz CT molecular complexity index is 404. The second kappa shape index (κ2) is 4.98. The van der Waals surface area contributed by atoms with Crippen LogP contribution in [0.15, 0.2) is 70.9 Å². The summed E-state index contributed by atoms with van der Waals surface area (Å²) in [5.41, 5.74) is 5.52. The molecule has 0 atom stereocenters. The molecule has 0 aromatic heterocycles. The molecule has 82 valence electrons. The van der Waals surface area contributed by atoms with Gasteiger partial charge >= 0.3 is 0 Å². The molecule has 0 nitrogen and oxygen atoms in total. The van der Waals surface area contributed by atoms with Gasteiger partial charge in [-0.15, -0.1) is 0 Å². The van der Waals surface area contributed by atoms with Crippen molar-refractivity contribution in [3.63, 3.8) is 0 Å². The van der Waals surface area contributed by atoms with Crippen molar-refractivity contribution in [2.24, 2.45) is 0 Å². The zero-order valence-corrected chi connectivity index (χ0v) is 10.0. The van der Waals surface area contributed by atoms with Crippen LogP contribution in [0.5, 0.6) is 0 Å². The van der Waals surface area contributed by atoms with Crippen LogP contribution in [0.1, 0.15) is 26.7 Å². The molecule has 0 N–H and O–H groups in total. The third-order valence-electron chi connectivity index (χ3n) is 3.14. The standard InChI is InChI=1S/C16H18/c1-3-13-5-9-15(10-6-13)16-11-7-14(4-2)8-12-16/h3-5,7,9-12H,6,8H2,1-2H3. The Morgan fingerprint density at radius 2 is 1.19 bits per heavy atom. The van der Waals surface area contributed by atoms with E-state index in [9.17, 15) is 0 Å². The minimum absolute atomic E-state index is 1.06. The van der Waals surface area contributed by atoms with Crippen molar-refractivity contribution in [1.82, 2.24) is 0 Å². The molecule has 2 aliphatic carbocycles. The number of rotatable bonds is 1. The summed E-state index contributed by atoms with van der Waals surface area (Å²) in [5, 5.41) is 0. The fraction of sp³-hybridized carbons (Fsp3) is 0.250. The van der Waals surface area contributed by atoms with Crippen molar-refractivity contribution in [3.05, 3.63) is 70.9 Å². The van der Waals surface area contributed by atoms with E-state index in [-0.39, 0.29) is 0 Å². The third-order valence-corrected chi connectivity index (χ3v) is 3.14. The van der Waals surface area contributed by atoms with Gasteiger partial charge in [0.2, 0.25) is 0 Å². The summed E-state index contributed by atoms with van der Waals surface area (Å²) in [6, 6.07) is 0. The van der Waals surface area contributed by atoms with Gasteiger partial charge in [0, 0.05) is 0 Å². The Hall–Kier alpha value is -1.56. The van der Waals surface area contributed by atoms with Crippen LogP contribution in [0.3, 0.4) is 0 Å². The van der Waals surface area contributed by atoms with E-state index in [4.69, 9.17) is 0 Å². The summed E-state index contributed by atoms with van der Waals surface area (Å²) >= 11 is 0. The molecule has 0 bridgehead atoms. The molecule has 0 spiro atoms. The first-order valence-corrected chi connectivity index (χ1v) is 5.90. The SMILES string of the molecule is CC=C1C=CC(C2=CCC(=CC)C=C2)=CC1. The van der Waals surface area contributed by atoms with Gasteiger partial charge in [0.05, 0.1) is 0 Å². The fourth-order valence-corrected chi connectivity index (χ4v) is 1.98. The quantitative estimate of drug-likeness (QED) is 0.591. The average molecular weight is 210 g/mol. The molecule has 0 unspecified atom stereocenters. The van der Waals surface area contributed by atoms with E-state index in [1.165, 1.54) is 22.3 Å². The molecule has 0 fully saturated rings. The van der Waals surface area contributed by atoms with E-state index >= 15 is 0 Å². The van der Waals surface area contributed by atoms with Crippen molar-refractivity contribution in [3.8, 4) is 0 Å².